The average molecular weight is 489 g/mol. The molecule has 0 aromatic heterocycles. The fourth-order valence-electron chi connectivity index (χ4n) is 2.79. The number of carbonyl (C=O) groups is 5. The number of thioether (sulfide) groups is 1. The topological polar surface area (TPSA) is 143 Å². The van der Waals surface area contributed by atoms with Crippen LogP contribution in [0.4, 0.5) is 4.79 Å². The van der Waals surface area contributed by atoms with E-state index in [-0.39, 0.29) is 29.4 Å². The molecule has 190 valence electrons. The van der Waals surface area contributed by atoms with E-state index in [9.17, 15) is 24.0 Å². The zero-order chi connectivity index (χ0) is 25.9. The van der Waals surface area contributed by atoms with Crippen LogP contribution in [-0.2, 0) is 23.9 Å². The second-order valence-corrected chi connectivity index (χ2v) is 10.9. The van der Waals surface area contributed by atoms with E-state index in [0.29, 0.717) is 6.42 Å². The molecule has 0 saturated heterocycles. The lowest BCUT2D eigenvalue weighted by molar-refractivity contribution is -0.132. The van der Waals surface area contributed by atoms with E-state index < -0.39 is 40.8 Å². The molecule has 0 rings (SSSR count). The van der Waals surface area contributed by atoms with Crippen LogP contribution < -0.4 is 21.3 Å². The first-order valence-corrected chi connectivity index (χ1v) is 11.9. The second kappa shape index (κ2) is 14.1. The lowest BCUT2D eigenvalue weighted by Crippen LogP contribution is -2.56. The molecule has 0 aliphatic carbocycles. The van der Waals surface area contributed by atoms with Gasteiger partial charge in [-0.2, -0.15) is 0 Å². The predicted molar refractivity (Wildman–Crippen MR) is 129 cm³/mol. The van der Waals surface area contributed by atoms with Crippen molar-refractivity contribution >= 4 is 40.7 Å². The smallest absolute Gasteiger partial charge is 0.407 e. The highest BCUT2D eigenvalue weighted by molar-refractivity contribution is 8.14. The fourth-order valence-corrected chi connectivity index (χ4v) is 3.53. The molecule has 0 heterocycles. The Hall–Kier alpha value is -2.30. The largest absolute Gasteiger partial charge is 0.444 e. The molecule has 0 fully saturated rings. The highest BCUT2D eigenvalue weighted by Crippen LogP contribution is 2.14. The van der Waals surface area contributed by atoms with E-state index >= 15 is 0 Å². The fraction of sp³-hybridized carbons (Fsp3) is 0.773. The van der Waals surface area contributed by atoms with Gasteiger partial charge in [0.2, 0.25) is 17.7 Å². The first-order chi connectivity index (χ1) is 15.1. The molecule has 3 atom stereocenters. The number of hydrogen-bond acceptors (Lipinski definition) is 7. The third-order valence-electron chi connectivity index (χ3n) is 4.26. The summed E-state index contributed by atoms with van der Waals surface area (Å²) in [6.45, 7) is 13.7. The third kappa shape index (κ3) is 13.1. The molecular formula is C22H40N4O6S. The molecule has 11 heteroatoms. The number of likely N-dealkylation sites (N-methyl/N-ethyl adjacent to an activating group) is 1. The summed E-state index contributed by atoms with van der Waals surface area (Å²) in [4.78, 5) is 61.7. The Morgan fingerprint density at radius 3 is 1.91 bits per heavy atom. The van der Waals surface area contributed by atoms with Crippen molar-refractivity contribution in [3.8, 4) is 0 Å². The van der Waals surface area contributed by atoms with Crippen molar-refractivity contribution in [2.75, 3.05) is 13.6 Å². The molecule has 0 bridgehead atoms. The van der Waals surface area contributed by atoms with Gasteiger partial charge < -0.3 is 26.0 Å². The van der Waals surface area contributed by atoms with Crippen LogP contribution in [0.5, 0.6) is 0 Å². The maximum atomic E-state index is 12.9. The Labute approximate surface area is 201 Å². The minimum Gasteiger partial charge on any atom is -0.444 e. The summed E-state index contributed by atoms with van der Waals surface area (Å²) in [5, 5.41) is 9.12. The summed E-state index contributed by atoms with van der Waals surface area (Å²) in [7, 11) is 1.48. The first kappa shape index (κ1) is 30.7. The molecule has 0 aliphatic heterocycles. The average Bonchev–Trinajstić information content (AvgIpc) is 2.65. The molecule has 0 saturated carbocycles. The van der Waals surface area contributed by atoms with Gasteiger partial charge in [0.15, 0.2) is 5.12 Å². The number of amides is 4. The molecule has 0 aromatic rings. The van der Waals surface area contributed by atoms with E-state index in [0.717, 1.165) is 11.8 Å². The SMILES string of the molecule is CNC(=O)[C@@H](NC(=O)[C@H](CC(C)C)NC(=O)C(CNC(=O)OC(C)(C)C)SC(C)=O)C(C)C. The molecule has 0 spiro atoms. The highest BCUT2D eigenvalue weighted by atomic mass is 32.2. The Morgan fingerprint density at radius 2 is 1.48 bits per heavy atom. The minimum absolute atomic E-state index is 0.0670. The van der Waals surface area contributed by atoms with Crippen molar-refractivity contribution < 1.29 is 28.7 Å². The lowest BCUT2D eigenvalue weighted by atomic mass is 10.00. The van der Waals surface area contributed by atoms with Gasteiger partial charge in [-0.25, -0.2) is 4.79 Å². The van der Waals surface area contributed by atoms with Crippen LogP contribution in [0.25, 0.3) is 0 Å². The van der Waals surface area contributed by atoms with Crippen molar-refractivity contribution in [3.63, 3.8) is 0 Å². The first-order valence-electron chi connectivity index (χ1n) is 11.0. The third-order valence-corrected chi connectivity index (χ3v) is 5.26. The summed E-state index contributed by atoms with van der Waals surface area (Å²) in [6, 6.07) is -1.68. The number of ether oxygens (including phenoxy) is 1. The van der Waals surface area contributed by atoms with Crippen LogP contribution in [0.1, 0.15) is 61.8 Å². The van der Waals surface area contributed by atoms with Gasteiger partial charge in [-0.15, -0.1) is 0 Å². The van der Waals surface area contributed by atoms with Crippen LogP contribution in [-0.4, -0.2) is 65.5 Å². The lowest BCUT2D eigenvalue weighted by Gasteiger charge is -2.27. The van der Waals surface area contributed by atoms with Crippen molar-refractivity contribution in [3.05, 3.63) is 0 Å². The van der Waals surface area contributed by atoms with Gasteiger partial charge in [-0.05, 0) is 39.0 Å². The van der Waals surface area contributed by atoms with Crippen molar-refractivity contribution in [1.29, 1.82) is 0 Å². The Bertz CT molecular complexity index is 705. The highest BCUT2D eigenvalue weighted by Gasteiger charge is 2.31. The van der Waals surface area contributed by atoms with Gasteiger partial charge in [-0.1, -0.05) is 39.5 Å². The normalized spacial score (nSPS) is 14.2. The van der Waals surface area contributed by atoms with Gasteiger partial charge in [-0.3, -0.25) is 19.2 Å². The number of rotatable bonds is 11. The van der Waals surface area contributed by atoms with Crippen molar-refractivity contribution in [2.24, 2.45) is 11.8 Å². The quantitative estimate of drug-likeness (QED) is 0.346. The van der Waals surface area contributed by atoms with E-state index in [1.165, 1.54) is 14.0 Å². The molecular weight excluding hydrogens is 448 g/mol. The molecule has 0 aromatic carbocycles. The number of hydrogen-bond donors (Lipinski definition) is 4. The summed E-state index contributed by atoms with van der Waals surface area (Å²) in [6.07, 6.45) is -0.390. The maximum absolute atomic E-state index is 12.9. The molecule has 1 unspecified atom stereocenters. The monoisotopic (exact) mass is 488 g/mol. The summed E-state index contributed by atoms with van der Waals surface area (Å²) >= 11 is 0.750. The zero-order valence-corrected chi connectivity index (χ0v) is 22.0. The van der Waals surface area contributed by atoms with Gasteiger partial charge >= 0.3 is 6.09 Å². The summed E-state index contributed by atoms with van der Waals surface area (Å²) in [5.41, 5.74) is -0.715. The summed E-state index contributed by atoms with van der Waals surface area (Å²) < 4.78 is 5.17. The van der Waals surface area contributed by atoms with Crippen LogP contribution in [0.15, 0.2) is 0 Å². The molecule has 0 radical (unpaired) electrons. The van der Waals surface area contributed by atoms with Crippen LogP contribution >= 0.6 is 11.8 Å². The van der Waals surface area contributed by atoms with Gasteiger partial charge in [0.25, 0.3) is 0 Å². The number of carbonyl (C=O) groups excluding carboxylic acids is 5. The minimum atomic E-state index is -0.961. The molecule has 4 amide bonds. The zero-order valence-electron chi connectivity index (χ0n) is 21.2. The standard InChI is InChI=1S/C22H40N4O6S/c1-12(2)10-15(18(28)26-17(13(3)4)20(30)23-9)25-19(29)16(33-14(5)27)11-24-21(31)32-22(6,7)8/h12-13,15-17H,10-11H2,1-9H3,(H,23,30)(H,24,31)(H,25,29)(H,26,28)/t15-,16?,17-/m0/s1. The van der Waals surface area contributed by atoms with Crippen molar-refractivity contribution in [1.82, 2.24) is 21.3 Å². The van der Waals surface area contributed by atoms with Gasteiger partial charge in [0.05, 0.1) is 0 Å². The van der Waals surface area contributed by atoms with E-state index in [1.54, 1.807) is 34.6 Å². The molecule has 33 heavy (non-hydrogen) atoms. The predicted octanol–water partition coefficient (Wildman–Crippen LogP) is 1.58. The van der Waals surface area contributed by atoms with E-state index in [1.807, 2.05) is 13.8 Å². The molecule has 0 aliphatic rings. The molecule has 10 nitrogen and oxygen atoms in total. The second-order valence-electron chi connectivity index (χ2n) is 9.52. The maximum Gasteiger partial charge on any atom is 0.407 e. The number of alkyl carbamates (subject to hydrolysis) is 1. The Morgan fingerprint density at radius 1 is 0.909 bits per heavy atom. The van der Waals surface area contributed by atoms with Crippen LogP contribution in [0.2, 0.25) is 0 Å². The Kier molecular flexibility index (Phi) is 13.1. The van der Waals surface area contributed by atoms with E-state index in [4.69, 9.17) is 4.74 Å². The number of nitrogens with one attached hydrogen (secondary N) is 4. The van der Waals surface area contributed by atoms with Crippen LogP contribution in [0, 0.1) is 11.8 Å². The van der Waals surface area contributed by atoms with E-state index in [2.05, 4.69) is 21.3 Å². The van der Waals surface area contributed by atoms with Crippen molar-refractivity contribution in [2.45, 2.75) is 84.7 Å². The van der Waals surface area contributed by atoms with Gasteiger partial charge in [0, 0.05) is 20.5 Å². The molecule has 4 N–H and O–H groups in total. The van der Waals surface area contributed by atoms with Gasteiger partial charge in [0.1, 0.15) is 22.9 Å². The summed E-state index contributed by atoms with van der Waals surface area (Å²) in [5.74, 6) is -1.50. The van der Waals surface area contributed by atoms with Crippen LogP contribution in [0.3, 0.4) is 0 Å². The Balaban J connectivity index is 5.44.